The van der Waals surface area contributed by atoms with Gasteiger partial charge in [-0.1, -0.05) is 61.7 Å². The largest absolute Gasteiger partial charge is 0.507 e. The van der Waals surface area contributed by atoms with Crippen molar-refractivity contribution in [3.8, 4) is 0 Å². The summed E-state index contributed by atoms with van der Waals surface area (Å²) in [6, 6.07) is 13.8. The number of carbonyl (C=O) groups excluding carboxylic acids is 2. The molecule has 2 aliphatic rings. The fourth-order valence-corrected chi connectivity index (χ4v) is 4.31. The minimum atomic E-state index is -0.705. The molecule has 5 heteroatoms. The van der Waals surface area contributed by atoms with E-state index in [0.29, 0.717) is 11.1 Å². The van der Waals surface area contributed by atoms with Gasteiger partial charge >= 0.3 is 0 Å². The lowest BCUT2D eigenvalue weighted by atomic mass is 9.91. The van der Waals surface area contributed by atoms with E-state index in [1.165, 1.54) is 12.1 Å². The molecule has 4 rings (SSSR count). The Morgan fingerprint density at radius 2 is 1.57 bits per heavy atom. The summed E-state index contributed by atoms with van der Waals surface area (Å²) in [5.74, 6) is -1.84. The molecule has 1 amide bonds. The van der Waals surface area contributed by atoms with Gasteiger partial charge in [0.15, 0.2) is 0 Å². The van der Waals surface area contributed by atoms with Crippen molar-refractivity contribution in [2.24, 2.45) is 0 Å². The number of halogens is 1. The second kappa shape index (κ2) is 7.58. The highest BCUT2D eigenvalue weighted by atomic mass is 19.1. The molecule has 2 fully saturated rings. The Morgan fingerprint density at radius 3 is 2.21 bits per heavy atom. The Balaban J connectivity index is 1.86. The first-order chi connectivity index (χ1) is 13.6. The number of aliphatic hydroxyl groups is 1. The average molecular weight is 379 g/mol. The minimum Gasteiger partial charge on any atom is -0.507 e. The molecule has 0 aromatic heterocycles. The van der Waals surface area contributed by atoms with E-state index in [1.54, 1.807) is 41.3 Å². The van der Waals surface area contributed by atoms with E-state index in [9.17, 15) is 19.1 Å². The van der Waals surface area contributed by atoms with Gasteiger partial charge in [-0.2, -0.15) is 0 Å². The van der Waals surface area contributed by atoms with Crippen LogP contribution in [0.15, 0.2) is 60.2 Å². The number of nitrogens with zero attached hydrogens (tertiary/aromatic N) is 1. The zero-order valence-corrected chi connectivity index (χ0v) is 15.5. The van der Waals surface area contributed by atoms with Crippen molar-refractivity contribution in [3.05, 3.63) is 77.1 Å². The highest BCUT2D eigenvalue weighted by molar-refractivity contribution is 6.46. The Labute approximate surface area is 163 Å². The summed E-state index contributed by atoms with van der Waals surface area (Å²) in [7, 11) is 0. The molecule has 2 aromatic carbocycles. The molecule has 1 N–H and O–H groups in total. The normalized spacial score (nSPS) is 22.6. The number of rotatable bonds is 3. The number of hydrogen-bond donors (Lipinski definition) is 1. The first-order valence-corrected chi connectivity index (χ1v) is 9.69. The Morgan fingerprint density at radius 1 is 0.929 bits per heavy atom. The quantitative estimate of drug-likeness (QED) is 0.482. The molecule has 28 heavy (non-hydrogen) atoms. The molecule has 0 spiro atoms. The van der Waals surface area contributed by atoms with Crippen molar-refractivity contribution in [1.29, 1.82) is 0 Å². The summed E-state index contributed by atoms with van der Waals surface area (Å²) in [6.45, 7) is 0. The van der Waals surface area contributed by atoms with E-state index < -0.39 is 17.7 Å². The molecule has 0 bridgehead atoms. The zero-order chi connectivity index (χ0) is 19.7. The third-order valence-electron chi connectivity index (χ3n) is 5.68. The number of aliphatic hydroxyl groups excluding tert-OH is 1. The number of amides is 1. The summed E-state index contributed by atoms with van der Waals surface area (Å²) in [5, 5.41) is 10.9. The van der Waals surface area contributed by atoms with Gasteiger partial charge in [-0.3, -0.25) is 9.59 Å². The average Bonchev–Trinajstić information content (AvgIpc) is 3.00. The van der Waals surface area contributed by atoms with Crippen LogP contribution in [0, 0.1) is 5.82 Å². The second-order valence-electron chi connectivity index (χ2n) is 7.42. The van der Waals surface area contributed by atoms with Gasteiger partial charge in [0, 0.05) is 11.6 Å². The SMILES string of the molecule is O=C1C(=O)N(C2CCCCC2)C(c2ccc(F)cc2)/C1=C(/O)c1ccccc1. The molecule has 1 aliphatic heterocycles. The van der Waals surface area contributed by atoms with Gasteiger partial charge in [-0.25, -0.2) is 4.39 Å². The minimum absolute atomic E-state index is 0.0543. The van der Waals surface area contributed by atoms with Crippen LogP contribution in [0.1, 0.15) is 49.3 Å². The summed E-state index contributed by atoms with van der Waals surface area (Å²) >= 11 is 0. The van der Waals surface area contributed by atoms with E-state index >= 15 is 0 Å². The van der Waals surface area contributed by atoms with E-state index in [1.807, 2.05) is 6.07 Å². The van der Waals surface area contributed by atoms with Gasteiger partial charge in [0.2, 0.25) is 0 Å². The molecule has 1 heterocycles. The van der Waals surface area contributed by atoms with Crippen molar-refractivity contribution < 1.29 is 19.1 Å². The van der Waals surface area contributed by atoms with Crippen LogP contribution in [0.5, 0.6) is 0 Å². The molecular weight excluding hydrogens is 357 g/mol. The highest BCUT2D eigenvalue weighted by Crippen LogP contribution is 2.42. The third-order valence-corrected chi connectivity index (χ3v) is 5.68. The number of ketones is 1. The van der Waals surface area contributed by atoms with Crippen molar-refractivity contribution >= 4 is 17.4 Å². The first-order valence-electron chi connectivity index (χ1n) is 9.69. The fourth-order valence-electron chi connectivity index (χ4n) is 4.31. The first kappa shape index (κ1) is 18.4. The van der Waals surface area contributed by atoms with Crippen LogP contribution in [-0.2, 0) is 9.59 Å². The molecule has 1 aliphatic carbocycles. The summed E-state index contributed by atoms with van der Waals surface area (Å²) in [5.41, 5.74) is 1.19. The van der Waals surface area contributed by atoms with Crippen LogP contribution < -0.4 is 0 Å². The standard InChI is InChI=1S/C23H22FNO3/c24-17-13-11-15(12-14-17)20-19(21(26)16-7-3-1-4-8-16)22(27)23(28)25(20)18-9-5-2-6-10-18/h1,3-4,7-8,11-14,18,20,26H,2,5-6,9-10H2/b21-19-. The molecule has 1 saturated heterocycles. The number of hydrogen-bond acceptors (Lipinski definition) is 3. The molecule has 0 radical (unpaired) electrons. The molecule has 2 aromatic rings. The molecule has 144 valence electrons. The van der Waals surface area contributed by atoms with Gasteiger partial charge in [-0.15, -0.1) is 0 Å². The second-order valence-corrected chi connectivity index (χ2v) is 7.42. The monoisotopic (exact) mass is 379 g/mol. The maximum absolute atomic E-state index is 13.5. The van der Waals surface area contributed by atoms with Crippen molar-refractivity contribution in [2.75, 3.05) is 0 Å². The van der Waals surface area contributed by atoms with E-state index in [4.69, 9.17) is 0 Å². The van der Waals surface area contributed by atoms with Gasteiger partial charge in [-0.05, 0) is 30.5 Å². The summed E-state index contributed by atoms with van der Waals surface area (Å²) < 4.78 is 13.5. The van der Waals surface area contributed by atoms with Crippen LogP contribution in [-0.4, -0.2) is 27.7 Å². The Bertz CT molecular complexity index is 915. The maximum Gasteiger partial charge on any atom is 0.295 e. The van der Waals surface area contributed by atoms with Crippen molar-refractivity contribution in [1.82, 2.24) is 4.90 Å². The number of carbonyl (C=O) groups is 2. The van der Waals surface area contributed by atoms with Crippen LogP contribution in [0.25, 0.3) is 5.76 Å². The van der Waals surface area contributed by atoms with Gasteiger partial charge in [0.05, 0.1) is 11.6 Å². The topological polar surface area (TPSA) is 57.6 Å². The van der Waals surface area contributed by atoms with E-state index in [0.717, 1.165) is 32.1 Å². The van der Waals surface area contributed by atoms with Gasteiger partial charge < -0.3 is 10.0 Å². The Hall–Kier alpha value is -2.95. The third kappa shape index (κ3) is 3.21. The van der Waals surface area contributed by atoms with Gasteiger partial charge in [0.1, 0.15) is 11.6 Å². The molecular formula is C23H22FNO3. The smallest absolute Gasteiger partial charge is 0.295 e. The van der Waals surface area contributed by atoms with E-state index in [2.05, 4.69) is 0 Å². The number of likely N-dealkylation sites (tertiary alicyclic amines) is 1. The van der Waals surface area contributed by atoms with Crippen LogP contribution >= 0.6 is 0 Å². The lowest BCUT2D eigenvalue weighted by Gasteiger charge is -2.35. The molecule has 1 unspecified atom stereocenters. The summed E-state index contributed by atoms with van der Waals surface area (Å²) in [4.78, 5) is 27.5. The van der Waals surface area contributed by atoms with Crippen LogP contribution in [0.3, 0.4) is 0 Å². The fraction of sp³-hybridized carbons (Fsp3) is 0.304. The maximum atomic E-state index is 13.5. The molecule has 1 atom stereocenters. The predicted octanol–water partition coefficient (Wildman–Crippen LogP) is 4.58. The van der Waals surface area contributed by atoms with Crippen molar-refractivity contribution in [3.63, 3.8) is 0 Å². The molecule has 4 nitrogen and oxygen atoms in total. The summed E-state index contributed by atoms with van der Waals surface area (Å²) in [6.07, 6.45) is 4.78. The number of Topliss-reactive ketones (excluding diaryl/α,β-unsaturated/α-hetero) is 1. The van der Waals surface area contributed by atoms with Crippen molar-refractivity contribution in [2.45, 2.75) is 44.2 Å². The zero-order valence-electron chi connectivity index (χ0n) is 15.5. The number of benzene rings is 2. The van der Waals surface area contributed by atoms with Crippen LogP contribution in [0.2, 0.25) is 0 Å². The van der Waals surface area contributed by atoms with Crippen LogP contribution in [0.4, 0.5) is 4.39 Å². The Kier molecular flexibility index (Phi) is 4.99. The van der Waals surface area contributed by atoms with Gasteiger partial charge in [0.25, 0.3) is 11.7 Å². The lowest BCUT2D eigenvalue weighted by molar-refractivity contribution is -0.141. The van der Waals surface area contributed by atoms with E-state index in [-0.39, 0.29) is 23.2 Å². The highest BCUT2D eigenvalue weighted by Gasteiger charge is 2.48. The lowest BCUT2D eigenvalue weighted by Crippen LogP contribution is -2.40. The molecule has 1 saturated carbocycles. The predicted molar refractivity (Wildman–Crippen MR) is 104 cm³/mol.